The maximum absolute atomic E-state index is 9.40. The van der Waals surface area contributed by atoms with Gasteiger partial charge in [0, 0.05) is 20.3 Å². The van der Waals surface area contributed by atoms with Crippen LogP contribution in [0.4, 0.5) is 0 Å². The first kappa shape index (κ1) is 14.0. The summed E-state index contributed by atoms with van der Waals surface area (Å²) in [5.74, 6) is 1.45. The highest BCUT2D eigenvalue weighted by atomic mass is 16.5. The fourth-order valence-corrected chi connectivity index (χ4v) is 1.91. The SMILES string of the molecule is COCC(C)C(CO)Cc1ccc(OC)cc1. The molecule has 3 nitrogen and oxygen atoms in total. The van der Waals surface area contributed by atoms with Gasteiger partial charge in [0.05, 0.1) is 7.11 Å². The lowest BCUT2D eigenvalue weighted by Crippen LogP contribution is -2.22. The molecule has 3 heteroatoms. The average molecular weight is 238 g/mol. The van der Waals surface area contributed by atoms with Crippen molar-refractivity contribution >= 4 is 0 Å². The third-order valence-electron chi connectivity index (χ3n) is 3.13. The lowest BCUT2D eigenvalue weighted by Gasteiger charge is -2.21. The smallest absolute Gasteiger partial charge is 0.118 e. The van der Waals surface area contributed by atoms with E-state index in [1.165, 1.54) is 5.56 Å². The van der Waals surface area contributed by atoms with E-state index in [9.17, 15) is 5.11 Å². The Morgan fingerprint density at radius 3 is 2.29 bits per heavy atom. The summed E-state index contributed by atoms with van der Waals surface area (Å²) in [6.45, 7) is 2.98. The molecule has 0 saturated heterocycles. The second-order valence-corrected chi connectivity index (χ2v) is 4.43. The van der Waals surface area contributed by atoms with Gasteiger partial charge in [-0.1, -0.05) is 19.1 Å². The van der Waals surface area contributed by atoms with Crippen LogP contribution in [0.15, 0.2) is 24.3 Å². The van der Waals surface area contributed by atoms with Crippen LogP contribution in [0.1, 0.15) is 12.5 Å². The van der Waals surface area contributed by atoms with Crippen LogP contribution in [0.2, 0.25) is 0 Å². The van der Waals surface area contributed by atoms with Gasteiger partial charge in [-0.2, -0.15) is 0 Å². The van der Waals surface area contributed by atoms with Crippen LogP contribution >= 0.6 is 0 Å². The van der Waals surface area contributed by atoms with Crippen molar-refractivity contribution in [1.82, 2.24) is 0 Å². The summed E-state index contributed by atoms with van der Waals surface area (Å²) in [6.07, 6.45) is 0.866. The molecule has 1 rings (SSSR count). The first-order valence-electron chi connectivity index (χ1n) is 5.94. The second-order valence-electron chi connectivity index (χ2n) is 4.43. The molecule has 0 radical (unpaired) electrons. The predicted molar refractivity (Wildman–Crippen MR) is 68.3 cm³/mol. The van der Waals surface area contributed by atoms with E-state index in [0.29, 0.717) is 12.5 Å². The van der Waals surface area contributed by atoms with Crippen LogP contribution in [0.5, 0.6) is 5.75 Å². The van der Waals surface area contributed by atoms with Gasteiger partial charge < -0.3 is 14.6 Å². The Morgan fingerprint density at radius 2 is 1.82 bits per heavy atom. The van der Waals surface area contributed by atoms with Crippen molar-refractivity contribution in [2.75, 3.05) is 27.4 Å². The number of benzene rings is 1. The van der Waals surface area contributed by atoms with Crippen molar-refractivity contribution < 1.29 is 14.6 Å². The summed E-state index contributed by atoms with van der Waals surface area (Å²) in [4.78, 5) is 0. The minimum absolute atomic E-state index is 0.191. The van der Waals surface area contributed by atoms with Crippen LogP contribution in [0.3, 0.4) is 0 Å². The molecule has 0 aliphatic carbocycles. The molecule has 1 N–H and O–H groups in total. The molecule has 0 bridgehead atoms. The maximum Gasteiger partial charge on any atom is 0.118 e. The van der Waals surface area contributed by atoms with Crippen molar-refractivity contribution in [3.05, 3.63) is 29.8 Å². The van der Waals surface area contributed by atoms with Crippen molar-refractivity contribution in [1.29, 1.82) is 0 Å². The van der Waals surface area contributed by atoms with Gasteiger partial charge in [0.2, 0.25) is 0 Å². The standard InChI is InChI=1S/C14H22O3/c1-11(10-16-2)13(9-15)8-12-4-6-14(17-3)7-5-12/h4-7,11,13,15H,8-10H2,1-3H3. The molecule has 0 heterocycles. The van der Waals surface area contributed by atoms with E-state index in [4.69, 9.17) is 9.47 Å². The highest BCUT2D eigenvalue weighted by molar-refractivity contribution is 5.27. The molecule has 0 aliphatic rings. The number of hydrogen-bond donors (Lipinski definition) is 1. The molecule has 0 aliphatic heterocycles. The van der Waals surface area contributed by atoms with Crippen LogP contribution in [-0.4, -0.2) is 32.5 Å². The van der Waals surface area contributed by atoms with Crippen LogP contribution in [0, 0.1) is 11.8 Å². The Morgan fingerprint density at radius 1 is 1.18 bits per heavy atom. The zero-order valence-corrected chi connectivity index (χ0v) is 10.8. The number of ether oxygens (including phenoxy) is 2. The lowest BCUT2D eigenvalue weighted by atomic mass is 9.89. The fraction of sp³-hybridized carbons (Fsp3) is 0.571. The largest absolute Gasteiger partial charge is 0.497 e. The van der Waals surface area contributed by atoms with Gasteiger partial charge >= 0.3 is 0 Å². The number of aliphatic hydroxyl groups is 1. The first-order chi connectivity index (χ1) is 8.21. The van der Waals surface area contributed by atoms with Gasteiger partial charge in [0.1, 0.15) is 5.75 Å². The van der Waals surface area contributed by atoms with Crippen molar-refractivity contribution in [3.63, 3.8) is 0 Å². The van der Waals surface area contributed by atoms with Gasteiger partial charge in [-0.25, -0.2) is 0 Å². The molecule has 17 heavy (non-hydrogen) atoms. The van der Waals surface area contributed by atoms with Crippen molar-refractivity contribution in [2.45, 2.75) is 13.3 Å². The number of hydrogen-bond acceptors (Lipinski definition) is 3. The van der Waals surface area contributed by atoms with Gasteiger partial charge in [0.25, 0.3) is 0 Å². The average Bonchev–Trinajstić information content (AvgIpc) is 2.37. The van der Waals surface area contributed by atoms with Crippen molar-refractivity contribution in [2.24, 2.45) is 11.8 Å². The Labute approximate surface area is 103 Å². The molecule has 96 valence electrons. The van der Waals surface area contributed by atoms with E-state index in [-0.39, 0.29) is 12.5 Å². The molecular weight excluding hydrogens is 216 g/mol. The highest BCUT2D eigenvalue weighted by Crippen LogP contribution is 2.19. The Hall–Kier alpha value is -1.06. The third kappa shape index (κ3) is 4.36. The Kier molecular flexibility index (Phi) is 6.01. The van der Waals surface area contributed by atoms with Crippen molar-refractivity contribution in [3.8, 4) is 5.75 Å². The molecular formula is C14H22O3. The number of methoxy groups -OCH3 is 2. The van der Waals surface area contributed by atoms with Gasteiger partial charge in [-0.3, -0.25) is 0 Å². The lowest BCUT2D eigenvalue weighted by molar-refractivity contribution is 0.0983. The minimum atomic E-state index is 0.191. The number of aliphatic hydroxyl groups excluding tert-OH is 1. The summed E-state index contributed by atoms with van der Waals surface area (Å²) >= 11 is 0. The van der Waals surface area contributed by atoms with E-state index in [1.54, 1.807) is 14.2 Å². The summed E-state index contributed by atoms with van der Waals surface area (Å²) in [5, 5.41) is 9.40. The summed E-state index contributed by atoms with van der Waals surface area (Å²) < 4.78 is 10.2. The molecule has 2 unspecified atom stereocenters. The Balaban J connectivity index is 2.60. The maximum atomic E-state index is 9.40. The van der Waals surface area contributed by atoms with Gasteiger partial charge in [-0.05, 0) is 36.0 Å². The van der Waals surface area contributed by atoms with E-state index in [2.05, 4.69) is 6.92 Å². The zero-order chi connectivity index (χ0) is 12.7. The molecule has 0 spiro atoms. The minimum Gasteiger partial charge on any atom is -0.497 e. The predicted octanol–water partition coefficient (Wildman–Crippen LogP) is 2.13. The highest BCUT2D eigenvalue weighted by Gasteiger charge is 2.16. The third-order valence-corrected chi connectivity index (χ3v) is 3.13. The fourth-order valence-electron chi connectivity index (χ4n) is 1.91. The van der Waals surface area contributed by atoms with Gasteiger partial charge in [-0.15, -0.1) is 0 Å². The number of rotatable bonds is 7. The van der Waals surface area contributed by atoms with E-state index < -0.39 is 0 Å². The molecule has 2 atom stereocenters. The summed E-state index contributed by atoms with van der Waals surface area (Å²) in [6, 6.07) is 7.98. The summed E-state index contributed by atoms with van der Waals surface area (Å²) in [7, 11) is 3.35. The second kappa shape index (κ2) is 7.30. The van der Waals surface area contributed by atoms with Gasteiger partial charge in [0.15, 0.2) is 0 Å². The molecule has 0 aromatic heterocycles. The van der Waals surface area contributed by atoms with Crippen LogP contribution < -0.4 is 4.74 Å². The quantitative estimate of drug-likeness (QED) is 0.791. The molecule has 0 fully saturated rings. The molecule has 0 amide bonds. The first-order valence-corrected chi connectivity index (χ1v) is 5.94. The monoisotopic (exact) mass is 238 g/mol. The van der Waals surface area contributed by atoms with E-state index >= 15 is 0 Å². The normalized spacial score (nSPS) is 14.4. The van der Waals surface area contributed by atoms with Crippen LogP contribution in [-0.2, 0) is 11.2 Å². The molecule has 1 aromatic carbocycles. The Bertz CT molecular complexity index is 308. The van der Waals surface area contributed by atoms with E-state index in [1.807, 2.05) is 24.3 Å². The van der Waals surface area contributed by atoms with E-state index in [0.717, 1.165) is 12.2 Å². The zero-order valence-electron chi connectivity index (χ0n) is 10.8. The molecule has 1 aromatic rings. The topological polar surface area (TPSA) is 38.7 Å². The molecule has 0 saturated carbocycles. The summed E-state index contributed by atoms with van der Waals surface area (Å²) in [5.41, 5.74) is 1.22. The van der Waals surface area contributed by atoms with Crippen LogP contribution in [0.25, 0.3) is 0 Å².